The Morgan fingerprint density at radius 3 is 2.25 bits per heavy atom. The Bertz CT molecular complexity index is 474. The van der Waals surface area contributed by atoms with Crippen molar-refractivity contribution in [3.8, 4) is 11.5 Å². The molecule has 0 heterocycles. The molecule has 0 aliphatic carbocycles. The summed E-state index contributed by atoms with van der Waals surface area (Å²) in [5.41, 5.74) is 2.51. The summed E-state index contributed by atoms with van der Waals surface area (Å²) in [6.07, 6.45) is 8.82. The van der Waals surface area contributed by atoms with E-state index in [-0.39, 0.29) is 0 Å². The summed E-state index contributed by atoms with van der Waals surface area (Å²) in [7, 11) is 3.53. The predicted octanol–water partition coefficient (Wildman–Crippen LogP) is 6.56. The smallest absolute Gasteiger partial charge is 0.126 e. The van der Waals surface area contributed by atoms with Gasteiger partial charge in [0.15, 0.2) is 0 Å². The second kappa shape index (κ2) is 11.8. The van der Waals surface area contributed by atoms with Gasteiger partial charge in [-0.1, -0.05) is 55.4 Å². The van der Waals surface area contributed by atoms with Crippen LogP contribution in [0.4, 0.5) is 0 Å². The Morgan fingerprint density at radius 1 is 1.17 bits per heavy atom. The zero-order chi connectivity index (χ0) is 17.9. The quantitative estimate of drug-likeness (QED) is 0.207. The number of halogens is 1. The summed E-state index contributed by atoms with van der Waals surface area (Å²) in [4.78, 5) is 0. The summed E-state index contributed by atoms with van der Waals surface area (Å²) >= 11 is 2.45. The van der Waals surface area contributed by atoms with E-state index in [0.717, 1.165) is 30.8 Å². The fourth-order valence-corrected chi connectivity index (χ4v) is 4.30. The molecular weight excluding hydrogens is 411 g/mol. The largest absolute Gasteiger partial charge is 0.496 e. The van der Waals surface area contributed by atoms with Crippen molar-refractivity contribution in [3.63, 3.8) is 0 Å². The molecule has 136 valence electrons. The van der Waals surface area contributed by atoms with Crippen LogP contribution >= 0.6 is 22.6 Å². The monoisotopic (exact) mass is 444 g/mol. The number of allylic oxidation sites excluding steroid dienone is 1. The molecule has 0 saturated heterocycles. The number of hydrogen-bond acceptors (Lipinski definition) is 2. The van der Waals surface area contributed by atoms with Crippen molar-refractivity contribution in [2.24, 2.45) is 5.92 Å². The van der Waals surface area contributed by atoms with Gasteiger partial charge < -0.3 is 9.47 Å². The maximum Gasteiger partial charge on any atom is 0.126 e. The van der Waals surface area contributed by atoms with Crippen LogP contribution in [0.1, 0.15) is 63.0 Å². The maximum atomic E-state index is 5.76. The van der Waals surface area contributed by atoms with E-state index in [1.165, 1.54) is 34.8 Å². The molecular formula is C21H33IO2. The first-order valence-electron chi connectivity index (χ1n) is 9.02. The van der Waals surface area contributed by atoms with Crippen LogP contribution in [0.3, 0.4) is 0 Å². The first-order valence-corrected chi connectivity index (χ1v) is 10.5. The summed E-state index contributed by atoms with van der Waals surface area (Å²) < 4.78 is 12.7. The lowest BCUT2D eigenvalue weighted by Gasteiger charge is -2.23. The van der Waals surface area contributed by atoms with Gasteiger partial charge in [0.25, 0.3) is 0 Å². The van der Waals surface area contributed by atoms with Gasteiger partial charge >= 0.3 is 0 Å². The summed E-state index contributed by atoms with van der Waals surface area (Å²) in [5.74, 6) is 3.02. The van der Waals surface area contributed by atoms with Crippen LogP contribution in [0, 0.1) is 5.92 Å². The highest BCUT2D eigenvalue weighted by atomic mass is 127. The van der Waals surface area contributed by atoms with E-state index in [1.807, 2.05) is 6.08 Å². The normalized spacial score (nSPS) is 13.4. The highest BCUT2D eigenvalue weighted by Crippen LogP contribution is 2.41. The number of unbranched alkanes of at least 4 members (excludes halogenated alkanes) is 1. The van der Waals surface area contributed by atoms with E-state index in [2.05, 4.69) is 55.2 Å². The molecule has 0 unspecified atom stereocenters. The molecule has 1 aromatic carbocycles. The Kier molecular flexibility index (Phi) is 10.5. The van der Waals surface area contributed by atoms with Crippen LogP contribution in [-0.2, 0) is 6.42 Å². The molecule has 0 amide bonds. The Morgan fingerprint density at radius 2 is 1.79 bits per heavy atom. The van der Waals surface area contributed by atoms with Gasteiger partial charge in [-0.3, -0.25) is 0 Å². The van der Waals surface area contributed by atoms with Crippen LogP contribution in [0.15, 0.2) is 24.8 Å². The number of benzene rings is 1. The maximum absolute atomic E-state index is 5.76. The lowest BCUT2D eigenvalue weighted by atomic mass is 9.87. The topological polar surface area (TPSA) is 18.5 Å². The second-order valence-electron chi connectivity index (χ2n) is 6.56. The molecule has 0 aliphatic rings. The van der Waals surface area contributed by atoms with Crippen molar-refractivity contribution in [2.45, 2.75) is 58.3 Å². The summed E-state index contributed by atoms with van der Waals surface area (Å²) in [6, 6.07) is 4.42. The van der Waals surface area contributed by atoms with E-state index < -0.39 is 0 Å². The van der Waals surface area contributed by atoms with Crippen molar-refractivity contribution in [1.29, 1.82) is 0 Å². The minimum atomic E-state index is 0.410. The van der Waals surface area contributed by atoms with Gasteiger partial charge in [0, 0.05) is 5.56 Å². The Balaban J connectivity index is 3.19. The SMILES string of the molecule is C=CC[C@H](CCCC)c1c(OC)cc(C[C@H](C)CCI)cc1OC. The summed E-state index contributed by atoms with van der Waals surface area (Å²) in [6.45, 7) is 8.49. The molecule has 0 N–H and O–H groups in total. The van der Waals surface area contributed by atoms with E-state index in [1.54, 1.807) is 14.2 Å². The molecule has 0 bridgehead atoms. The van der Waals surface area contributed by atoms with Crippen molar-refractivity contribution in [1.82, 2.24) is 0 Å². The van der Waals surface area contributed by atoms with Crippen molar-refractivity contribution >= 4 is 22.6 Å². The third-order valence-electron chi connectivity index (χ3n) is 4.56. The first-order chi connectivity index (χ1) is 11.6. The molecule has 0 radical (unpaired) electrons. The van der Waals surface area contributed by atoms with Gasteiger partial charge in [0.05, 0.1) is 14.2 Å². The van der Waals surface area contributed by atoms with E-state index in [4.69, 9.17) is 9.47 Å². The zero-order valence-corrected chi connectivity index (χ0v) is 17.9. The van der Waals surface area contributed by atoms with Crippen molar-refractivity contribution < 1.29 is 9.47 Å². The van der Waals surface area contributed by atoms with Crippen LogP contribution in [0.5, 0.6) is 11.5 Å². The van der Waals surface area contributed by atoms with Gasteiger partial charge in [-0.15, -0.1) is 6.58 Å². The number of ether oxygens (including phenoxy) is 2. The van der Waals surface area contributed by atoms with Crippen molar-refractivity contribution in [3.05, 3.63) is 35.9 Å². The molecule has 2 atom stereocenters. The lowest BCUT2D eigenvalue weighted by molar-refractivity contribution is 0.373. The lowest BCUT2D eigenvalue weighted by Crippen LogP contribution is -2.07. The average Bonchev–Trinajstić information content (AvgIpc) is 2.58. The number of rotatable bonds is 12. The van der Waals surface area contributed by atoms with E-state index in [0.29, 0.717) is 11.8 Å². The number of hydrogen-bond donors (Lipinski definition) is 0. The molecule has 0 aliphatic heterocycles. The second-order valence-corrected chi connectivity index (χ2v) is 7.64. The fourth-order valence-electron chi connectivity index (χ4n) is 3.24. The van der Waals surface area contributed by atoms with Crippen molar-refractivity contribution in [2.75, 3.05) is 18.6 Å². The Labute approximate surface area is 162 Å². The van der Waals surface area contributed by atoms with Crippen LogP contribution in [0.25, 0.3) is 0 Å². The first kappa shape index (κ1) is 21.3. The van der Waals surface area contributed by atoms with Gasteiger partial charge in [0.1, 0.15) is 11.5 Å². The van der Waals surface area contributed by atoms with Gasteiger partial charge in [-0.25, -0.2) is 0 Å². The van der Waals surface area contributed by atoms with E-state index >= 15 is 0 Å². The minimum absolute atomic E-state index is 0.410. The third-order valence-corrected chi connectivity index (χ3v) is 5.18. The highest BCUT2D eigenvalue weighted by Gasteiger charge is 2.21. The van der Waals surface area contributed by atoms with Gasteiger partial charge in [-0.05, 0) is 59.6 Å². The standard InChI is InChI=1S/C21H33IO2/c1-6-8-10-18(9-7-2)21-19(23-4)14-17(15-20(21)24-5)13-16(3)11-12-22/h7,14-16,18H,2,6,8-13H2,1,3-5H3/t16-,18-/m1/s1. The van der Waals surface area contributed by atoms with Gasteiger partial charge in [0.2, 0.25) is 0 Å². The van der Waals surface area contributed by atoms with E-state index in [9.17, 15) is 0 Å². The zero-order valence-electron chi connectivity index (χ0n) is 15.7. The molecule has 3 heteroatoms. The molecule has 0 fully saturated rings. The molecule has 1 aromatic rings. The molecule has 24 heavy (non-hydrogen) atoms. The molecule has 0 spiro atoms. The summed E-state index contributed by atoms with van der Waals surface area (Å²) in [5, 5.41) is 0. The fraction of sp³-hybridized carbons (Fsp3) is 0.619. The third kappa shape index (κ3) is 6.30. The molecule has 0 saturated carbocycles. The molecule has 1 rings (SSSR count). The number of methoxy groups -OCH3 is 2. The molecule has 0 aromatic heterocycles. The predicted molar refractivity (Wildman–Crippen MR) is 113 cm³/mol. The highest BCUT2D eigenvalue weighted by molar-refractivity contribution is 14.1. The van der Waals surface area contributed by atoms with Gasteiger partial charge in [-0.2, -0.15) is 0 Å². The van der Waals surface area contributed by atoms with Crippen LogP contribution < -0.4 is 9.47 Å². The van der Waals surface area contributed by atoms with Crippen LogP contribution in [-0.4, -0.2) is 18.6 Å². The Hall–Kier alpha value is -0.710. The number of alkyl halides is 1. The minimum Gasteiger partial charge on any atom is -0.496 e. The molecule has 2 nitrogen and oxygen atoms in total. The van der Waals surface area contributed by atoms with Crippen LogP contribution in [0.2, 0.25) is 0 Å². The average molecular weight is 444 g/mol.